The third-order valence-corrected chi connectivity index (χ3v) is 4.46. The first-order valence-electron chi connectivity index (χ1n) is 7.17. The Morgan fingerprint density at radius 2 is 2.06 bits per heavy atom. The molecule has 0 bridgehead atoms. The van der Waals surface area contributed by atoms with Crippen molar-refractivity contribution in [3.05, 3.63) is 0 Å². The zero-order valence-corrected chi connectivity index (χ0v) is 11.2. The molecule has 2 rings (SSSR count). The first kappa shape index (κ1) is 12.9. The van der Waals surface area contributed by atoms with Crippen molar-refractivity contribution < 1.29 is 4.79 Å². The summed E-state index contributed by atoms with van der Waals surface area (Å²) in [6, 6.07) is 0.523. The molecule has 1 N–H and O–H groups in total. The summed E-state index contributed by atoms with van der Waals surface area (Å²) >= 11 is 0. The van der Waals surface area contributed by atoms with Crippen LogP contribution in [0.15, 0.2) is 0 Å². The molecule has 1 aliphatic carbocycles. The van der Waals surface area contributed by atoms with E-state index < -0.39 is 0 Å². The molecule has 3 unspecified atom stereocenters. The molecule has 0 aromatic rings. The van der Waals surface area contributed by atoms with Gasteiger partial charge in [-0.3, -0.25) is 4.79 Å². The second-order valence-electron chi connectivity index (χ2n) is 5.88. The van der Waals surface area contributed by atoms with E-state index in [0.717, 1.165) is 19.5 Å². The lowest BCUT2D eigenvalue weighted by Gasteiger charge is -2.30. The smallest absolute Gasteiger partial charge is 0.225 e. The van der Waals surface area contributed by atoms with E-state index in [2.05, 4.69) is 12.2 Å². The maximum atomic E-state index is 12.3. The van der Waals surface area contributed by atoms with Crippen molar-refractivity contribution in [3.63, 3.8) is 0 Å². The number of hydrogen-bond donors (Lipinski definition) is 1. The fraction of sp³-hybridized carbons (Fsp3) is 0.929. The molecule has 2 aliphatic rings. The lowest BCUT2D eigenvalue weighted by Crippen LogP contribution is -2.46. The number of hydrogen-bond acceptors (Lipinski definition) is 2. The minimum absolute atomic E-state index is 0.295. The average molecular weight is 238 g/mol. The van der Waals surface area contributed by atoms with Gasteiger partial charge in [0, 0.05) is 25.6 Å². The van der Waals surface area contributed by atoms with Gasteiger partial charge < -0.3 is 10.2 Å². The van der Waals surface area contributed by atoms with Crippen LogP contribution in [0.1, 0.15) is 45.4 Å². The van der Waals surface area contributed by atoms with Crippen molar-refractivity contribution in [1.29, 1.82) is 0 Å². The number of likely N-dealkylation sites (N-methyl/N-ethyl adjacent to an activating group) is 1. The van der Waals surface area contributed by atoms with E-state index in [1.807, 2.05) is 11.9 Å². The molecule has 17 heavy (non-hydrogen) atoms. The van der Waals surface area contributed by atoms with Gasteiger partial charge in [-0.2, -0.15) is 0 Å². The fourth-order valence-electron chi connectivity index (χ4n) is 3.30. The molecule has 98 valence electrons. The third kappa shape index (κ3) is 3.21. The van der Waals surface area contributed by atoms with Crippen LogP contribution in [0.2, 0.25) is 0 Å². The van der Waals surface area contributed by atoms with Gasteiger partial charge in [0.15, 0.2) is 0 Å². The Hall–Kier alpha value is -0.570. The van der Waals surface area contributed by atoms with Crippen LogP contribution in [0.5, 0.6) is 0 Å². The molecule has 0 aromatic heterocycles. The Kier molecular flexibility index (Phi) is 4.43. The number of carbonyl (C=O) groups excluding carboxylic acids is 1. The summed E-state index contributed by atoms with van der Waals surface area (Å²) in [5.74, 6) is 1.26. The van der Waals surface area contributed by atoms with Gasteiger partial charge >= 0.3 is 0 Å². The topological polar surface area (TPSA) is 32.3 Å². The van der Waals surface area contributed by atoms with Crippen molar-refractivity contribution in [2.45, 2.75) is 51.5 Å². The molecular formula is C14H26N2O. The SMILES string of the molecule is CC1CCCC1C(=O)N(C)CC1CCCCN1. The number of amides is 1. The van der Waals surface area contributed by atoms with Crippen LogP contribution >= 0.6 is 0 Å². The Morgan fingerprint density at radius 1 is 1.24 bits per heavy atom. The van der Waals surface area contributed by atoms with Crippen molar-refractivity contribution in [3.8, 4) is 0 Å². The molecule has 1 aliphatic heterocycles. The van der Waals surface area contributed by atoms with Gasteiger partial charge in [0.1, 0.15) is 0 Å². The van der Waals surface area contributed by atoms with E-state index in [-0.39, 0.29) is 0 Å². The molecule has 1 saturated heterocycles. The largest absolute Gasteiger partial charge is 0.344 e. The molecule has 3 heteroatoms. The van der Waals surface area contributed by atoms with Gasteiger partial charge in [-0.05, 0) is 38.1 Å². The normalized spacial score (nSPS) is 33.6. The zero-order chi connectivity index (χ0) is 12.3. The molecule has 3 atom stereocenters. The molecule has 1 saturated carbocycles. The summed E-state index contributed by atoms with van der Waals surface area (Å²) in [5, 5.41) is 3.51. The molecule has 1 heterocycles. The Bertz CT molecular complexity index is 261. The van der Waals surface area contributed by atoms with Crippen LogP contribution in [0, 0.1) is 11.8 Å². The monoisotopic (exact) mass is 238 g/mol. The van der Waals surface area contributed by atoms with Crippen molar-refractivity contribution in [2.24, 2.45) is 11.8 Å². The van der Waals surface area contributed by atoms with Crippen molar-refractivity contribution in [1.82, 2.24) is 10.2 Å². The minimum Gasteiger partial charge on any atom is -0.344 e. The lowest BCUT2D eigenvalue weighted by molar-refractivity contribution is -0.135. The molecule has 0 spiro atoms. The van der Waals surface area contributed by atoms with E-state index in [4.69, 9.17) is 0 Å². The zero-order valence-electron chi connectivity index (χ0n) is 11.2. The Labute approximate surface area is 105 Å². The number of carbonyl (C=O) groups is 1. The predicted molar refractivity (Wildman–Crippen MR) is 69.8 cm³/mol. The highest BCUT2D eigenvalue weighted by Crippen LogP contribution is 2.32. The minimum atomic E-state index is 0.295. The van der Waals surface area contributed by atoms with E-state index in [9.17, 15) is 4.79 Å². The average Bonchev–Trinajstić information content (AvgIpc) is 2.76. The first-order chi connectivity index (χ1) is 8.18. The van der Waals surface area contributed by atoms with Crippen LogP contribution in [0.4, 0.5) is 0 Å². The second-order valence-corrected chi connectivity index (χ2v) is 5.88. The molecule has 0 aromatic carbocycles. The van der Waals surface area contributed by atoms with Gasteiger partial charge in [0.2, 0.25) is 5.91 Å². The van der Waals surface area contributed by atoms with Crippen LogP contribution in [-0.2, 0) is 4.79 Å². The van der Waals surface area contributed by atoms with Gasteiger partial charge in [0.05, 0.1) is 0 Å². The van der Waals surface area contributed by atoms with Crippen LogP contribution in [0.25, 0.3) is 0 Å². The highest BCUT2D eigenvalue weighted by Gasteiger charge is 2.32. The summed E-state index contributed by atoms with van der Waals surface area (Å²) < 4.78 is 0. The van der Waals surface area contributed by atoms with E-state index in [1.54, 1.807) is 0 Å². The Balaban J connectivity index is 1.81. The third-order valence-electron chi connectivity index (χ3n) is 4.46. The van der Waals surface area contributed by atoms with Crippen LogP contribution in [-0.4, -0.2) is 37.0 Å². The van der Waals surface area contributed by atoms with Crippen LogP contribution < -0.4 is 5.32 Å². The Morgan fingerprint density at radius 3 is 2.65 bits per heavy atom. The number of nitrogens with zero attached hydrogens (tertiary/aromatic N) is 1. The molecule has 2 fully saturated rings. The summed E-state index contributed by atoms with van der Waals surface area (Å²) in [6.45, 7) is 4.23. The molecule has 1 amide bonds. The summed E-state index contributed by atoms with van der Waals surface area (Å²) in [6.07, 6.45) is 7.37. The van der Waals surface area contributed by atoms with Gasteiger partial charge in [-0.1, -0.05) is 19.8 Å². The maximum absolute atomic E-state index is 12.3. The van der Waals surface area contributed by atoms with E-state index >= 15 is 0 Å². The van der Waals surface area contributed by atoms with Gasteiger partial charge in [0.25, 0.3) is 0 Å². The summed E-state index contributed by atoms with van der Waals surface area (Å²) in [5.41, 5.74) is 0. The summed E-state index contributed by atoms with van der Waals surface area (Å²) in [4.78, 5) is 14.3. The molecular weight excluding hydrogens is 212 g/mol. The predicted octanol–water partition coefficient (Wildman–Crippen LogP) is 2.02. The highest BCUT2D eigenvalue weighted by atomic mass is 16.2. The molecule has 3 nitrogen and oxygen atoms in total. The van der Waals surface area contributed by atoms with Crippen molar-refractivity contribution >= 4 is 5.91 Å². The standard InChI is InChI=1S/C14H26N2O/c1-11-6-5-8-13(11)14(17)16(2)10-12-7-3-4-9-15-12/h11-13,15H,3-10H2,1-2H3. The molecule has 0 radical (unpaired) electrons. The lowest BCUT2D eigenvalue weighted by atomic mass is 9.96. The van der Waals surface area contributed by atoms with Gasteiger partial charge in [-0.25, -0.2) is 0 Å². The highest BCUT2D eigenvalue weighted by molar-refractivity contribution is 5.79. The van der Waals surface area contributed by atoms with E-state index in [1.165, 1.54) is 32.1 Å². The maximum Gasteiger partial charge on any atom is 0.225 e. The van der Waals surface area contributed by atoms with Crippen molar-refractivity contribution in [2.75, 3.05) is 20.1 Å². The fourth-order valence-corrected chi connectivity index (χ4v) is 3.30. The number of piperidine rings is 1. The number of nitrogens with one attached hydrogen (secondary N) is 1. The summed E-state index contributed by atoms with van der Waals surface area (Å²) in [7, 11) is 1.98. The number of rotatable bonds is 3. The van der Waals surface area contributed by atoms with E-state index in [0.29, 0.717) is 23.8 Å². The quantitative estimate of drug-likeness (QED) is 0.816. The first-order valence-corrected chi connectivity index (χ1v) is 7.17. The second kappa shape index (κ2) is 5.85. The van der Waals surface area contributed by atoms with Crippen LogP contribution in [0.3, 0.4) is 0 Å². The van der Waals surface area contributed by atoms with Gasteiger partial charge in [-0.15, -0.1) is 0 Å².